The summed E-state index contributed by atoms with van der Waals surface area (Å²) in [6, 6.07) is 7.32. The maximum atomic E-state index is 6.25. The monoisotopic (exact) mass is 346 g/mol. The number of halogens is 3. The van der Waals surface area contributed by atoms with Gasteiger partial charge in [0.05, 0.1) is 11.3 Å². The van der Waals surface area contributed by atoms with E-state index in [1.54, 1.807) is 23.9 Å². The second kappa shape index (κ2) is 7.51. The highest BCUT2D eigenvalue weighted by Gasteiger charge is 2.14. The third-order valence-corrected chi connectivity index (χ3v) is 4.50. The van der Waals surface area contributed by atoms with E-state index in [2.05, 4.69) is 16.9 Å². The molecular weight excluding hydrogens is 335 g/mol. The van der Waals surface area contributed by atoms with Crippen LogP contribution < -0.4 is 0 Å². The zero-order chi connectivity index (χ0) is 14.5. The van der Waals surface area contributed by atoms with Gasteiger partial charge in [0.1, 0.15) is 16.1 Å². The third kappa shape index (κ3) is 4.01. The zero-order valence-electron chi connectivity index (χ0n) is 10.9. The van der Waals surface area contributed by atoms with Crippen molar-refractivity contribution in [2.75, 3.05) is 5.75 Å². The maximum absolute atomic E-state index is 6.25. The smallest absolute Gasteiger partial charge is 0.142 e. The molecule has 0 aliphatic heterocycles. The number of rotatable bonds is 5. The van der Waals surface area contributed by atoms with Crippen molar-refractivity contribution in [1.29, 1.82) is 0 Å². The predicted molar refractivity (Wildman–Crippen MR) is 89.0 cm³/mol. The quantitative estimate of drug-likeness (QED) is 0.509. The van der Waals surface area contributed by atoms with E-state index in [-0.39, 0.29) is 0 Å². The SMILES string of the molecule is CCCSCc1nc(Cl)c(-c2cccc(Cl)c2)c(Cl)n1. The van der Waals surface area contributed by atoms with Crippen molar-refractivity contribution in [3.63, 3.8) is 0 Å². The van der Waals surface area contributed by atoms with Crippen LogP contribution in [0.3, 0.4) is 0 Å². The van der Waals surface area contributed by atoms with Crippen LogP contribution in [-0.4, -0.2) is 15.7 Å². The van der Waals surface area contributed by atoms with E-state index >= 15 is 0 Å². The molecule has 0 aliphatic carbocycles. The summed E-state index contributed by atoms with van der Waals surface area (Å²) in [6.45, 7) is 2.13. The molecule has 0 aliphatic rings. The lowest BCUT2D eigenvalue weighted by molar-refractivity contribution is 1.03. The number of hydrogen-bond acceptors (Lipinski definition) is 3. The standard InChI is InChI=1S/C14H13Cl3N2S/c1-2-6-20-8-11-18-13(16)12(14(17)19-11)9-4-3-5-10(15)7-9/h3-5,7H,2,6,8H2,1H3. The molecule has 0 bridgehead atoms. The fraction of sp³-hybridized carbons (Fsp3) is 0.286. The summed E-state index contributed by atoms with van der Waals surface area (Å²) in [6.07, 6.45) is 1.12. The van der Waals surface area contributed by atoms with Gasteiger partial charge in [-0.3, -0.25) is 0 Å². The molecule has 0 saturated carbocycles. The molecule has 0 amide bonds. The molecule has 0 unspecified atom stereocenters. The molecule has 0 atom stereocenters. The van der Waals surface area contributed by atoms with E-state index in [0.29, 0.717) is 32.5 Å². The number of aromatic nitrogens is 2. The Labute approximate surface area is 137 Å². The maximum Gasteiger partial charge on any atom is 0.142 e. The van der Waals surface area contributed by atoms with E-state index in [1.165, 1.54) is 0 Å². The van der Waals surface area contributed by atoms with Gasteiger partial charge in [0.25, 0.3) is 0 Å². The molecule has 0 N–H and O–H groups in total. The van der Waals surface area contributed by atoms with Gasteiger partial charge in [0.15, 0.2) is 0 Å². The average Bonchev–Trinajstić information content (AvgIpc) is 2.38. The number of hydrogen-bond donors (Lipinski definition) is 0. The first kappa shape index (κ1) is 15.9. The predicted octanol–water partition coefficient (Wildman–Crippen LogP) is 5.75. The molecule has 0 saturated heterocycles. The molecular formula is C14H13Cl3N2S. The fourth-order valence-electron chi connectivity index (χ4n) is 1.70. The lowest BCUT2D eigenvalue weighted by Gasteiger charge is -2.08. The Kier molecular flexibility index (Phi) is 5.97. The summed E-state index contributed by atoms with van der Waals surface area (Å²) in [5, 5.41) is 1.34. The van der Waals surface area contributed by atoms with Crippen molar-refractivity contribution in [2.45, 2.75) is 19.1 Å². The van der Waals surface area contributed by atoms with Crippen molar-refractivity contribution in [3.8, 4) is 11.1 Å². The molecule has 2 aromatic rings. The summed E-state index contributed by atoms with van der Waals surface area (Å²) in [5.74, 6) is 2.43. The van der Waals surface area contributed by atoms with Crippen LogP contribution in [0.25, 0.3) is 11.1 Å². The first-order valence-corrected chi connectivity index (χ1v) is 8.46. The molecule has 0 spiro atoms. The van der Waals surface area contributed by atoms with E-state index < -0.39 is 0 Å². The Morgan fingerprint density at radius 3 is 2.40 bits per heavy atom. The van der Waals surface area contributed by atoms with E-state index in [4.69, 9.17) is 34.8 Å². The molecule has 0 radical (unpaired) electrons. The lowest BCUT2D eigenvalue weighted by Crippen LogP contribution is -1.97. The zero-order valence-corrected chi connectivity index (χ0v) is 14.0. The average molecular weight is 348 g/mol. The van der Waals surface area contributed by atoms with Gasteiger partial charge < -0.3 is 0 Å². The Bertz CT molecular complexity index is 582. The van der Waals surface area contributed by atoms with Gasteiger partial charge in [0.2, 0.25) is 0 Å². The second-order valence-electron chi connectivity index (χ2n) is 4.16. The Balaban J connectivity index is 2.31. The first-order chi connectivity index (χ1) is 9.61. The molecule has 1 heterocycles. The molecule has 1 aromatic heterocycles. The summed E-state index contributed by atoms with van der Waals surface area (Å²) in [5.41, 5.74) is 1.44. The van der Waals surface area contributed by atoms with Gasteiger partial charge >= 0.3 is 0 Å². The van der Waals surface area contributed by atoms with Crippen LogP contribution in [0.15, 0.2) is 24.3 Å². The Morgan fingerprint density at radius 1 is 1.10 bits per heavy atom. The van der Waals surface area contributed by atoms with Gasteiger partial charge in [-0.05, 0) is 29.9 Å². The third-order valence-electron chi connectivity index (χ3n) is 2.56. The Hall–Kier alpha value is -0.480. The molecule has 2 rings (SSSR count). The van der Waals surface area contributed by atoms with Crippen molar-refractivity contribution in [3.05, 3.63) is 45.4 Å². The first-order valence-electron chi connectivity index (χ1n) is 6.17. The Morgan fingerprint density at radius 2 is 1.80 bits per heavy atom. The minimum Gasteiger partial charge on any atom is -0.220 e. The minimum absolute atomic E-state index is 0.361. The minimum atomic E-state index is 0.361. The largest absolute Gasteiger partial charge is 0.220 e. The van der Waals surface area contributed by atoms with E-state index in [0.717, 1.165) is 17.7 Å². The highest BCUT2D eigenvalue weighted by molar-refractivity contribution is 7.98. The van der Waals surface area contributed by atoms with Crippen molar-refractivity contribution >= 4 is 46.6 Å². The summed E-state index contributed by atoms with van der Waals surface area (Å²) in [7, 11) is 0. The van der Waals surface area contributed by atoms with Crippen LogP contribution in [0.2, 0.25) is 15.3 Å². The van der Waals surface area contributed by atoms with Gasteiger partial charge in [0, 0.05) is 5.02 Å². The van der Waals surface area contributed by atoms with Crippen LogP contribution in [0.5, 0.6) is 0 Å². The van der Waals surface area contributed by atoms with Gasteiger partial charge in [-0.1, -0.05) is 53.9 Å². The molecule has 2 nitrogen and oxygen atoms in total. The highest BCUT2D eigenvalue weighted by Crippen LogP contribution is 2.33. The number of benzene rings is 1. The van der Waals surface area contributed by atoms with E-state index in [9.17, 15) is 0 Å². The van der Waals surface area contributed by atoms with E-state index in [1.807, 2.05) is 12.1 Å². The van der Waals surface area contributed by atoms with Crippen LogP contribution in [0.1, 0.15) is 19.2 Å². The molecule has 0 fully saturated rings. The van der Waals surface area contributed by atoms with Crippen LogP contribution >= 0.6 is 46.6 Å². The summed E-state index contributed by atoms with van der Waals surface area (Å²) in [4.78, 5) is 8.64. The summed E-state index contributed by atoms with van der Waals surface area (Å²) < 4.78 is 0. The van der Waals surface area contributed by atoms with Gasteiger partial charge in [-0.25, -0.2) is 9.97 Å². The number of thioether (sulfide) groups is 1. The van der Waals surface area contributed by atoms with Gasteiger partial charge in [-0.2, -0.15) is 11.8 Å². The van der Waals surface area contributed by atoms with Crippen LogP contribution in [0.4, 0.5) is 0 Å². The topological polar surface area (TPSA) is 25.8 Å². The lowest BCUT2D eigenvalue weighted by atomic mass is 10.1. The van der Waals surface area contributed by atoms with Crippen molar-refractivity contribution in [1.82, 2.24) is 9.97 Å². The van der Waals surface area contributed by atoms with Gasteiger partial charge in [-0.15, -0.1) is 0 Å². The summed E-state index contributed by atoms with van der Waals surface area (Å²) >= 11 is 20.2. The second-order valence-corrected chi connectivity index (χ2v) is 6.42. The van der Waals surface area contributed by atoms with Crippen LogP contribution in [-0.2, 0) is 5.75 Å². The molecule has 6 heteroatoms. The normalized spacial score (nSPS) is 10.8. The highest BCUT2D eigenvalue weighted by atomic mass is 35.5. The fourth-order valence-corrected chi connectivity index (χ4v) is 3.28. The molecule has 106 valence electrons. The van der Waals surface area contributed by atoms with Crippen LogP contribution in [0, 0.1) is 0 Å². The molecule has 1 aromatic carbocycles. The van der Waals surface area contributed by atoms with Crippen molar-refractivity contribution in [2.24, 2.45) is 0 Å². The van der Waals surface area contributed by atoms with Crippen molar-refractivity contribution < 1.29 is 0 Å². The number of nitrogens with zero attached hydrogens (tertiary/aromatic N) is 2. The molecule has 20 heavy (non-hydrogen) atoms.